The largest absolute Gasteiger partial charge is 0.508 e. The minimum atomic E-state index is -0.575. The third kappa shape index (κ3) is 1.89. The van der Waals surface area contributed by atoms with Crippen LogP contribution in [-0.4, -0.2) is 25.0 Å². The number of H-pyrrole nitrogens is 2. The van der Waals surface area contributed by atoms with Crippen molar-refractivity contribution in [3.63, 3.8) is 0 Å². The first-order valence-electron chi connectivity index (χ1n) is 6.33. The van der Waals surface area contributed by atoms with Crippen molar-refractivity contribution in [2.24, 2.45) is 0 Å². The van der Waals surface area contributed by atoms with Gasteiger partial charge < -0.3 is 10.1 Å². The number of benzene rings is 1. The molecule has 0 fully saturated rings. The Hall–Kier alpha value is -3.00. The van der Waals surface area contributed by atoms with Crippen molar-refractivity contribution in [3.8, 4) is 17.0 Å². The number of hydrogen-bond acceptors (Lipinski definition) is 6. The highest BCUT2D eigenvalue weighted by molar-refractivity contribution is 7.25. The molecule has 0 saturated heterocycles. The lowest BCUT2D eigenvalue weighted by Gasteiger charge is -2.00. The van der Waals surface area contributed by atoms with E-state index in [1.54, 1.807) is 30.5 Å². The third-order valence-corrected chi connectivity index (χ3v) is 4.32. The molecule has 3 heterocycles. The van der Waals surface area contributed by atoms with Crippen LogP contribution in [0, 0.1) is 0 Å². The summed E-state index contributed by atoms with van der Waals surface area (Å²) >= 11 is 1.18. The van der Waals surface area contributed by atoms with Crippen LogP contribution >= 0.6 is 11.3 Å². The normalized spacial score (nSPS) is 11.3. The Morgan fingerprint density at radius 3 is 2.64 bits per heavy atom. The van der Waals surface area contributed by atoms with Gasteiger partial charge in [0.1, 0.15) is 20.8 Å². The summed E-state index contributed by atoms with van der Waals surface area (Å²) in [5.74, 6) is 0.162. The predicted octanol–water partition coefficient (Wildman–Crippen LogP) is 1.59. The molecule has 1 aromatic carbocycles. The minimum absolute atomic E-state index is 0.162. The number of fused-ring (bicyclic) bond motifs is 3. The zero-order valence-corrected chi connectivity index (χ0v) is 11.8. The van der Waals surface area contributed by atoms with Gasteiger partial charge in [0.15, 0.2) is 0 Å². The van der Waals surface area contributed by atoms with Gasteiger partial charge in [0.25, 0.3) is 5.56 Å². The Bertz CT molecular complexity index is 1120. The number of rotatable bonds is 1. The van der Waals surface area contributed by atoms with Gasteiger partial charge in [-0.25, -0.2) is 14.8 Å². The molecule has 108 valence electrons. The highest BCUT2D eigenvalue weighted by Gasteiger charge is 2.13. The van der Waals surface area contributed by atoms with E-state index in [4.69, 9.17) is 0 Å². The molecule has 3 aromatic heterocycles. The van der Waals surface area contributed by atoms with Gasteiger partial charge >= 0.3 is 5.69 Å². The van der Waals surface area contributed by atoms with E-state index < -0.39 is 11.2 Å². The van der Waals surface area contributed by atoms with Crippen molar-refractivity contribution < 1.29 is 5.11 Å². The third-order valence-electron chi connectivity index (χ3n) is 3.24. The average Bonchev–Trinajstić information content (AvgIpc) is 2.86. The highest BCUT2D eigenvalue weighted by atomic mass is 32.1. The number of aromatic nitrogens is 4. The van der Waals surface area contributed by atoms with Gasteiger partial charge in [-0.2, -0.15) is 0 Å². The topological polar surface area (TPSA) is 112 Å². The van der Waals surface area contributed by atoms with Crippen molar-refractivity contribution in [1.82, 2.24) is 19.9 Å². The number of phenols is 1. The molecule has 0 amide bonds. The van der Waals surface area contributed by atoms with Gasteiger partial charge in [-0.3, -0.25) is 9.78 Å². The van der Waals surface area contributed by atoms with E-state index in [2.05, 4.69) is 19.9 Å². The van der Waals surface area contributed by atoms with Crippen LogP contribution < -0.4 is 11.2 Å². The molecule has 4 aromatic rings. The first kappa shape index (κ1) is 12.7. The molecule has 0 unspecified atom stereocenters. The summed E-state index contributed by atoms with van der Waals surface area (Å²) in [7, 11) is 0. The SMILES string of the molecule is O=c1[nH]c(=O)c2sc3ncc(-c4ccc(O)cc4)nc3c2[nH]1. The molecule has 0 aliphatic heterocycles. The Morgan fingerprint density at radius 1 is 1.09 bits per heavy atom. The number of aromatic hydroxyl groups is 1. The van der Waals surface area contributed by atoms with Gasteiger partial charge in [-0.15, -0.1) is 11.3 Å². The van der Waals surface area contributed by atoms with E-state index in [9.17, 15) is 14.7 Å². The van der Waals surface area contributed by atoms with Crippen molar-refractivity contribution in [1.29, 1.82) is 0 Å². The summed E-state index contributed by atoms with van der Waals surface area (Å²) in [6, 6.07) is 6.55. The lowest BCUT2D eigenvalue weighted by atomic mass is 10.1. The summed E-state index contributed by atoms with van der Waals surface area (Å²) in [6.07, 6.45) is 1.59. The van der Waals surface area contributed by atoms with E-state index in [0.717, 1.165) is 5.56 Å². The van der Waals surface area contributed by atoms with E-state index >= 15 is 0 Å². The van der Waals surface area contributed by atoms with Crippen LogP contribution in [0.15, 0.2) is 40.1 Å². The molecule has 0 radical (unpaired) electrons. The monoisotopic (exact) mass is 312 g/mol. The zero-order valence-electron chi connectivity index (χ0n) is 11.0. The first-order valence-corrected chi connectivity index (χ1v) is 7.15. The summed E-state index contributed by atoms with van der Waals surface area (Å²) in [5.41, 5.74) is 1.21. The Labute approximate surface area is 125 Å². The highest BCUT2D eigenvalue weighted by Crippen LogP contribution is 2.29. The molecule has 0 atom stereocenters. The lowest BCUT2D eigenvalue weighted by molar-refractivity contribution is 0.475. The molecule has 0 bridgehead atoms. The fourth-order valence-electron chi connectivity index (χ4n) is 2.22. The lowest BCUT2D eigenvalue weighted by Crippen LogP contribution is -2.20. The maximum absolute atomic E-state index is 11.8. The number of thiophene rings is 1. The van der Waals surface area contributed by atoms with Crippen LogP contribution in [0.4, 0.5) is 0 Å². The fraction of sp³-hybridized carbons (Fsp3) is 0. The van der Waals surface area contributed by atoms with Gasteiger partial charge in [0.05, 0.1) is 17.4 Å². The van der Waals surface area contributed by atoms with Gasteiger partial charge in [-0.05, 0) is 24.3 Å². The molecule has 8 heteroatoms. The smallest absolute Gasteiger partial charge is 0.326 e. The van der Waals surface area contributed by atoms with Crippen molar-refractivity contribution in [2.45, 2.75) is 0 Å². The van der Waals surface area contributed by atoms with Crippen LogP contribution in [0.5, 0.6) is 5.75 Å². The number of nitrogens with zero attached hydrogens (tertiary/aromatic N) is 2. The number of hydrogen-bond donors (Lipinski definition) is 3. The second-order valence-electron chi connectivity index (χ2n) is 4.67. The van der Waals surface area contributed by atoms with E-state index in [0.29, 0.717) is 26.3 Å². The predicted molar refractivity (Wildman–Crippen MR) is 83.3 cm³/mol. The number of aromatic amines is 2. The van der Waals surface area contributed by atoms with Crippen LogP contribution in [-0.2, 0) is 0 Å². The molecule has 0 aliphatic rings. The Morgan fingerprint density at radius 2 is 1.86 bits per heavy atom. The summed E-state index contributed by atoms with van der Waals surface area (Å²) < 4.78 is 0.387. The van der Waals surface area contributed by atoms with E-state index in [-0.39, 0.29) is 5.75 Å². The summed E-state index contributed by atoms with van der Waals surface area (Å²) in [6.45, 7) is 0. The van der Waals surface area contributed by atoms with Crippen molar-refractivity contribution in [2.75, 3.05) is 0 Å². The van der Waals surface area contributed by atoms with Crippen LogP contribution in [0.1, 0.15) is 0 Å². The molecule has 4 rings (SSSR count). The molecule has 0 saturated carbocycles. The van der Waals surface area contributed by atoms with Crippen LogP contribution in [0.3, 0.4) is 0 Å². The minimum Gasteiger partial charge on any atom is -0.508 e. The van der Waals surface area contributed by atoms with Crippen LogP contribution in [0.2, 0.25) is 0 Å². The molecular weight excluding hydrogens is 304 g/mol. The molecule has 0 spiro atoms. The van der Waals surface area contributed by atoms with Crippen molar-refractivity contribution in [3.05, 3.63) is 51.3 Å². The molecule has 22 heavy (non-hydrogen) atoms. The molecule has 7 nitrogen and oxygen atoms in total. The van der Waals surface area contributed by atoms with Crippen molar-refractivity contribution >= 4 is 31.9 Å². The second-order valence-corrected chi connectivity index (χ2v) is 5.67. The maximum atomic E-state index is 11.8. The number of nitrogens with one attached hydrogen (secondary N) is 2. The van der Waals surface area contributed by atoms with Gasteiger partial charge in [0.2, 0.25) is 0 Å². The standard InChI is InChI=1S/C14H8N4O3S/c19-7-3-1-6(2-4-7)8-5-15-13-10(16-8)9-11(22-13)12(20)18-14(21)17-9/h1-5,19H,(H2,17,18,20,21). The number of phenolic OH excluding ortho intramolecular Hbond substituents is 1. The Balaban J connectivity index is 2.04. The second kappa shape index (κ2) is 4.50. The van der Waals surface area contributed by atoms with E-state index in [1.165, 1.54) is 11.3 Å². The summed E-state index contributed by atoms with van der Waals surface area (Å²) in [5, 5.41) is 9.33. The van der Waals surface area contributed by atoms with Crippen LogP contribution in [0.25, 0.3) is 31.8 Å². The quantitative estimate of drug-likeness (QED) is 0.494. The van der Waals surface area contributed by atoms with Gasteiger partial charge in [-0.1, -0.05) is 0 Å². The van der Waals surface area contributed by atoms with E-state index in [1.807, 2.05) is 0 Å². The Kier molecular flexibility index (Phi) is 2.60. The summed E-state index contributed by atoms with van der Waals surface area (Å²) in [4.78, 5) is 37.4. The maximum Gasteiger partial charge on any atom is 0.326 e. The molecular formula is C14H8N4O3S. The van der Waals surface area contributed by atoms with Gasteiger partial charge in [0, 0.05) is 5.56 Å². The zero-order chi connectivity index (χ0) is 15.3. The average molecular weight is 312 g/mol. The fourth-order valence-corrected chi connectivity index (χ4v) is 3.16. The first-order chi connectivity index (χ1) is 10.6. The molecule has 0 aliphatic carbocycles. The molecule has 3 N–H and O–H groups in total.